The van der Waals surface area contributed by atoms with E-state index in [1.165, 1.54) is 32.1 Å². The molecule has 4 aliphatic rings. The van der Waals surface area contributed by atoms with Crippen molar-refractivity contribution in [3.63, 3.8) is 0 Å². The van der Waals surface area contributed by atoms with Gasteiger partial charge in [0, 0.05) is 0 Å². The lowest BCUT2D eigenvalue weighted by Gasteiger charge is -2.65. The molecule has 0 spiro atoms. The van der Waals surface area contributed by atoms with Gasteiger partial charge < -0.3 is 0 Å². The van der Waals surface area contributed by atoms with E-state index >= 15 is 0 Å². The van der Waals surface area contributed by atoms with Crippen LogP contribution < -0.4 is 0 Å². The van der Waals surface area contributed by atoms with Gasteiger partial charge in [0.2, 0.25) is 0 Å². The number of hydrogen-bond donors (Lipinski definition) is 0. The molecule has 10 atom stereocenters. The molecule has 0 N–H and O–H groups in total. The second-order valence-corrected chi connectivity index (χ2v) is 11.3. The van der Waals surface area contributed by atoms with Gasteiger partial charge in [0.15, 0.2) is 0 Å². The Morgan fingerprint density at radius 3 is 2.42 bits per heavy atom. The average molecular weight is 326 g/mol. The lowest BCUT2D eigenvalue weighted by Crippen LogP contribution is -2.56. The fraction of sp³-hybridized carbons (Fsp3) is 1.00. The molecule has 0 bridgehead atoms. The summed E-state index contributed by atoms with van der Waals surface area (Å²) in [5.74, 6) is 8.03. The van der Waals surface area contributed by atoms with Gasteiger partial charge in [-0.3, -0.25) is 0 Å². The van der Waals surface area contributed by atoms with Crippen molar-refractivity contribution in [3.05, 3.63) is 0 Å². The maximum atomic E-state index is 2.73. The zero-order valence-corrected chi connectivity index (χ0v) is 17.3. The molecule has 0 aromatic rings. The van der Waals surface area contributed by atoms with Crippen molar-refractivity contribution in [1.29, 1.82) is 0 Å². The molecule has 4 saturated carbocycles. The zero-order valence-electron chi connectivity index (χ0n) is 17.3. The standard InChI is InChI=1S/C22H40B2/c1-5-14-6-7-16-20-17(12-19(24)22(14,16)4)21(3)9-8-13(2)10-15(21)11-18(20)23/h13-20H,5-12,23-24H2,1-4H3/t13-,14?,15?,16+,17+,18-,19+,20?,21+,22-/m1/s1. The van der Waals surface area contributed by atoms with E-state index in [0.717, 1.165) is 47.1 Å². The van der Waals surface area contributed by atoms with E-state index in [2.05, 4.69) is 43.4 Å². The Morgan fingerprint density at radius 2 is 1.71 bits per heavy atom. The first kappa shape index (κ1) is 17.5. The lowest BCUT2D eigenvalue weighted by atomic mass is 9.36. The van der Waals surface area contributed by atoms with Crippen molar-refractivity contribution in [2.24, 2.45) is 46.3 Å². The highest BCUT2D eigenvalue weighted by Crippen LogP contribution is 2.72. The van der Waals surface area contributed by atoms with Crippen LogP contribution in [0, 0.1) is 46.3 Å². The van der Waals surface area contributed by atoms with Crippen molar-refractivity contribution >= 4 is 15.7 Å². The third-order valence-corrected chi connectivity index (χ3v) is 10.6. The van der Waals surface area contributed by atoms with E-state index in [-0.39, 0.29) is 0 Å². The molecular weight excluding hydrogens is 286 g/mol. The van der Waals surface area contributed by atoms with E-state index < -0.39 is 0 Å². The Kier molecular flexibility index (Phi) is 4.25. The maximum Gasteiger partial charge on any atom is 0.106 e. The van der Waals surface area contributed by atoms with Crippen molar-refractivity contribution in [2.75, 3.05) is 0 Å². The number of fused-ring (bicyclic) bond motifs is 5. The van der Waals surface area contributed by atoms with Crippen LogP contribution in [0.25, 0.3) is 0 Å². The van der Waals surface area contributed by atoms with Crippen LogP contribution in [0.5, 0.6) is 0 Å². The van der Waals surface area contributed by atoms with Crippen molar-refractivity contribution in [2.45, 2.75) is 90.7 Å². The van der Waals surface area contributed by atoms with Crippen LogP contribution in [0.4, 0.5) is 0 Å². The molecule has 4 aliphatic carbocycles. The van der Waals surface area contributed by atoms with Crippen LogP contribution in [-0.4, -0.2) is 15.7 Å². The highest BCUT2D eigenvalue weighted by Gasteiger charge is 2.63. The van der Waals surface area contributed by atoms with Crippen LogP contribution in [0.15, 0.2) is 0 Å². The molecule has 0 aromatic carbocycles. The summed E-state index contributed by atoms with van der Waals surface area (Å²) in [6, 6.07) is 0. The second kappa shape index (κ2) is 5.82. The summed E-state index contributed by atoms with van der Waals surface area (Å²) in [6.07, 6.45) is 12.1. The molecule has 4 fully saturated rings. The average Bonchev–Trinajstić information content (AvgIpc) is 2.88. The van der Waals surface area contributed by atoms with Gasteiger partial charge in [-0.05, 0) is 72.0 Å². The van der Waals surface area contributed by atoms with E-state index in [1.54, 1.807) is 19.3 Å². The predicted octanol–water partition coefficient (Wildman–Crippen LogP) is 4.75. The third-order valence-electron chi connectivity index (χ3n) is 10.6. The van der Waals surface area contributed by atoms with Gasteiger partial charge in [0.25, 0.3) is 0 Å². The van der Waals surface area contributed by atoms with Crippen LogP contribution in [0.2, 0.25) is 11.6 Å². The SMILES string of the molecule is B[C@@H]1CC2C[C@H](C)CC[C@]2(C)[C@H]2C[C@H](B)[C@]3(C)C(CC)CC[C@H]3C12. The van der Waals surface area contributed by atoms with E-state index in [0.29, 0.717) is 10.8 Å². The normalized spacial score (nSPS) is 60.2. The molecule has 0 amide bonds. The Balaban J connectivity index is 1.70. The van der Waals surface area contributed by atoms with Gasteiger partial charge in [-0.15, -0.1) is 0 Å². The maximum absolute atomic E-state index is 2.73. The summed E-state index contributed by atoms with van der Waals surface area (Å²) in [6.45, 7) is 10.4. The van der Waals surface area contributed by atoms with Gasteiger partial charge in [-0.1, -0.05) is 65.0 Å². The third kappa shape index (κ3) is 2.19. The molecule has 3 unspecified atom stereocenters. The van der Waals surface area contributed by atoms with E-state index in [4.69, 9.17) is 0 Å². The Bertz CT molecular complexity index is 490. The molecule has 2 heteroatoms. The molecule has 0 nitrogen and oxygen atoms in total. The number of hydrogen-bond acceptors (Lipinski definition) is 0. The van der Waals surface area contributed by atoms with Crippen molar-refractivity contribution in [3.8, 4) is 0 Å². The quantitative estimate of drug-likeness (QED) is 0.610. The molecule has 0 aliphatic heterocycles. The minimum absolute atomic E-state index is 0.648. The molecule has 4 rings (SSSR count). The van der Waals surface area contributed by atoms with Gasteiger partial charge in [0.05, 0.1) is 0 Å². The molecule has 134 valence electrons. The van der Waals surface area contributed by atoms with Crippen molar-refractivity contribution in [1.82, 2.24) is 0 Å². The van der Waals surface area contributed by atoms with Crippen LogP contribution in [0.1, 0.15) is 79.1 Å². The monoisotopic (exact) mass is 326 g/mol. The minimum Gasteiger partial charge on any atom is -0.0661 e. The van der Waals surface area contributed by atoms with E-state index in [1.807, 2.05) is 0 Å². The molecule has 0 aromatic heterocycles. The smallest absolute Gasteiger partial charge is 0.0661 e. The highest BCUT2D eigenvalue weighted by molar-refractivity contribution is 6.13. The second-order valence-electron chi connectivity index (χ2n) is 11.3. The summed E-state index contributed by atoms with van der Waals surface area (Å²) in [7, 11) is 5.28. The highest BCUT2D eigenvalue weighted by atomic mass is 14.7. The van der Waals surface area contributed by atoms with Crippen LogP contribution >= 0.6 is 0 Å². The Labute approximate surface area is 153 Å². The molecule has 0 saturated heterocycles. The Morgan fingerprint density at radius 1 is 0.958 bits per heavy atom. The van der Waals surface area contributed by atoms with Gasteiger partial charge in [-0.2, -0.15) is 0 Å². The largest absolute Gasteiger partial charge is 0.106 e. The Hall–Kier alpha value is 0.130. The first-order valence-corrected chi connectivity index (χ1v) is 11.3. The minimum atomic E-state index is 0.648. The predicted molar refractivity (Wildman–Crippen MR) is 110 cm³/mol. The first-order chi connectivity index (χ1) is 11.3. The summed E-state index contributed by atoms with van der Waals surface area (Å²) >= 11 is 0. The van der Waals surface area contributed by atoms with Crippen molar-refractivity contribution < 1.29 is 0 Å². The zero-order chi connectivity index (χ0) is 17.3. The fourth-order valence-corrected chi connectivity index (χ4v) is 8.99. The molecule has 0 heterocycles. The first-order valence-electron chi connectivity index (χ1n) is 11.3. The van der Waals surface area contributed by atoms with Gasteiger partial charge >= 0.3 is 0 Å². The molecule has 24 heavy (non-hydrogen) atoms. The van der Waals surface area contributed by atoms with Crippen LogP contribution in [-0.2, 0) is 0 Å². The van der Waals surface area contributed by atoms with Gasteiger partial charge in [0.1, 0.15) is 15.7 Å². The summed E-state index contributed by atoms with van der Waals surface area (Å²) in [5, 5.41) is 0. The summed E-state index contributed by atoms with van der Waals surface area (Å²) in [4.78, 5) is 0. The van der Waals surface area contributed by atoms with E-state index in [9.17, 15) is 0 Å². The lowest BCUT2D eigenvalue weighted by molar-refractivity contribution is -0.115. The topological polar surface area (TPSA) is 0 Å². The number of rotatable bonds is 1. The summed E-state index contributed by atoms with van der Waals surface area (Å²) in [5.41, 5.74) is 1.32. The fourth-order valence-electron chi connectivity index (χ4n) is 8.99. The van der Waals surface area contributed by atoms with Gasteiger partial charge in [-0.25, -0.2) is 0 Å². The molecule has 0 radical (unpaired) electrons. The van der Waals surface area contributed by atoms with Crippen LogP contribution in [0.3, 0.4) is 0 Å². The summed E-state index contributed by atoms with van der Waals surface area (Å²) < 4.78 is 0. The molecular formula is C22H40B2.